The summed E-state index contributed by atoms with van der Waals surface area (Å²) in [6.07, 6.45) is 8.70. The van der Waals surface area contributed by atoms with Crippen molar-refractivity contribution in [1.29, 1.82) is 0 Å². The van der Waals surface area contributed by atoms with Crippen molar-refractivity contribution in [2.75, 3.05) is 0 Å². The van der Waals surface area contributed by atoms with E-state index < -0.39 is 0 Å². The zero-order valence-corrected chi connectivity index (χ0v) is 13.7. The molecule has 0 N–H and O–H groups in total. The molecule has 1 aromatic carbocycles. The van der Waals surface area contributed by atoms with Gasteiger partial charge in [0.2, 0.25) is 0 Å². The number of hydrogen-bond donors (Lipinski definition) is 0. The van der Waals surface area contributed by atoms with E-state index in [1.54, 1.807) is 0 Å². The monoisotopic (exact) mass is 281 g/mol. The maximum absolute atomic E-state index is 2.44. The Morgan fingerprint density at radius 2 is 1.71 bits per heavy atom. The van der Waals surface area contributed by atoms with Crippen LogP contribution in [-0.2, 0) is 26.3 Å². The number of benzene rings is 1. The number of fused-ring (bicyclic) bond motifs is 3. The summed E-state index contributed by atoms with van der Waals surface area (Å²) in [6, 6.07) is 9.57. The molecule has 3 rings (SSSR count). The third-order valence-corrected chi connectivity index (χ3v) is 4.82. The third kappa shape index (κ3) is 2.66. The number of unbranched alkanes of at least 4 members (excludes halogenated alkanes) is 2. The molecule has 0 radical (unpaired) electrons. The van der Waals surface area contributed by atoms with Gasteiger partial charge in [0.15, 0.2) is 0 Å². The van der Waals surface area contributed by atoms with Gasteiger partial charge in [0.05, 0.1) is 5.69 Å². The van der Waals surface area contributed by atoms with E-state index >= 15 is 0 Å². The Labute approximate surface area is 129 Å². The first kappa shape index (κ1) is 14.4. The van der Waals surface area contributed by atoms with Crippen LogP contribution in [0.15, 0.2) is 24.3 Å². The van der Waals surface area contributed by atoms with Crippen LogP contribution < -0.4 is 0 Å². The number of aryl methyl sites for hydroxylation is 2. The van der Waals surface area contributed by atoms with Gasteiger partial charge in [-0.05, 0) is 48.4 Å². The highest BCUT2D eigenvalue weighted by molar-refractivity contribution is 5.75. The second-order valence-electron chi connectivity index (χ2n) is 6.44. The average Bonchev–Trinajstić information content (AvgIpc) is 2.99. The van der Waals surface area contributed by atoms with E-state index in [9.17, 15) is 0 Å². The highest BCUT2D eigenvalue weighted by atomic mass is 15.0. The van der Waals surface area contributed by atoms with Crippen LogP contribution in [0, 0.1) is 0 Å². The number of aromatic nitrogens is 1. The maximum atomic E-state index is 2.44. The molecule has 2 aromatic rings. The molecule has 0 atom stereocenters. The molecule has 0 aliphatic heterocycles. The first-order chi connectivity index (χ1) is 10.2. The predicted octanol–water partition coefficient (Wildman–Crippen LogP) is 5.28. The van der Waals surface area contributed by atoms with Gasteiger partial charge in [0.25, 0.3) is 0 Å². The molecule has 1 nitrogen and oxygen atoms in total. The second kappa shape index (κ2) is 6.09. The molecule has 1 aliphatic rings. The standard InChI is InChI=1S/C20H27N/c1-4-6-8-15-10-11-19-16(12-15)13-17-14-18(9-7-5-2)21(3)20(17)19/h10-12,14H,4-9,13H2,1-3H3. The summed E-state index contributed by atoms with van der Waals surface area (Å²) in [5, 5.41) is 0. The van der Waals surface area contributed by atoms with Crippen LogP contribution in [0.2, 0.25) is 0 Å². The Morgan fingerprint density at radius 3 is 2.48 bits per heavy atom. The average molecular weight is 281 g/mol. The van der Waals surface area contributed by atoms with Crippen LogP contribution in [0.1, 0.15) is 61.9 Å². The molecule has 1 aliphatic carbocycles. The summed E-state index contributed by atoms with van der Waals surface area (Å²) >= 11 is 0. The fourth-order valence-corrected chi connectivity index (χ4v) is 3.58. The predicted molar refractivity (Wildman–Crippen MR) is 90.9 cm³/mol. The second-order valence-corrected chi connectivity index (χ2v) is 6.44. The zero-order chi connectivity index (χ0) is 14.8. The molecule has 0 fully saturated rings. The smallest absolute Gasteiger partial charge is 0.0518 e. The lowest BCUT2D eigenvalue weighted by molar-refractivity contribution is 0.736. The summed E-state index contributed by atoms with van der Waals surface area (Å²) in [4.78, 5) is 0. The van der Waals surface area contributed by atoms with Crippen molar-refractivity contribution >= 4 is 0 Å². The van der Waals surface area contributed by atoms with Crippen LogP contribution in [0.4, 0.5) is 0 Å². The van der Waals surface area contributed by atoms with Crippen molar-refractivity contribution in [2.24, 2.45) is 7.05 Å². The normalized spacial score (nSPS) is 12.5. The molecule has 1 aromatic heterocycles. The quantitative estimate of drug-likeness (QED) is 0.579. The van der Waals surface area contributed by atoms with Gasteiger partial charge < -0.3 is 4.57 Å². The van der Waals surface area contributed by atoms with Crippen LogP contribution in [-0.4, -0.2) is 4.57 Å². The third-order valence-electron chi connectivity index (χ3n) is 4.82. The lowest BCUT2D eigenvalue weighted by Crippen LogP contribution is -1.98. The number of nitrogens with zero attached hydrogens (tertiary/aromatic N) is 1. The molecule has 0 bridgehead atoms. The van der Waals surface area contributed by atoms with Crippen molar-refractivity contribution in [3.8, 4) is 11.3 Å². The Hall–Kier alpha value is -1.50. The molecule has 0 saturated heterocycles. The molecule has 21 heavy (non-hydrogen) atoms. The van der Waals surface area contributed by atoms with E-state index in [4.69, 9.17) is 0 Å². The fraction of sp³-hybridized carbons (Fsp3) is 0.500. The number of hydrogen-bond acceptors (Lipinski definition) is 0. The van der Waals surface area contributed by atoms with Gasteiger partial charge in [-0.25, -0.2) is 0 Å². The lowest BCUT2D eigenvalue weighted by atomic mass is 10.0. The van der Waals surface area contributed by atoms with Gasteiger partial charge >= 0.3 is 0 Å². The van der Waals surface area contributed by atoms with Crippen molar-refractivity contribution in [3.63, 3.8) is 0 Å². The molecule has 0 spiro atoms. The molecule has 0 saturated carbocycles. The van der Waals surface area contributed by atoms with E-state index in [2.05, 4.69) is 49.7 Å². The summed E-state index contributed by atoms with van der Waals surface area (Å²) in [6.45, 7) is 4.53. The minimum absolute atomic E-state index is 1.13. The first-order valence-electron chi connectivity index (χ1n) is 8.54. The molecule has 112 valence electrons. The van der Waals surface area contributed by atoms with Crippen LogP contribution >= 0.6 is 0 Å². The Bertz CT molecular complexity index is 634. The van der Waals surface area contributed by atoms with Crippen LogP contribution in [0.25, 0.3) is 11.3 Å². The van der Waals surface area contributed by atoms with Crippen LogP contribution in [0.5, 0.6) is 0 Å². The van der Waals surface area contributed by atoms with Gasteiger partial charge in [-0.1, -0.05) is 44.9 Å². The van der Waals surface area contributed by atoms with E-state index in [0.29, 0.717) is 0 Å². The number of rotatable bonds is 6. The van der Waals surface area contributed by atoms with Crippen molar-refractivity contribution < 1.29 is 0 Å². The van der Waals surface area contributed by atoms with Gasteiger partial charge in [-0.2, -0.15) is 0 Å². The van der Waals surface area contributed by atoms with E-state index in [0.717, 1.165) is 6.42 Å². The van der Waals surface area contributed by atoms with E-state index in [1.165, 1.54) is 72.2 Å². The SMILES string of the molecule is CCCCc1ccc2c(c1)Cc1cc(CCCC)n(C)c1-2. The Kier molecular flexibility index (Phi) is 4.19. The van der Waals surface area contributed by atoms with Gasteiger partial charge in [-0.15, -0.1) is 0 Å². The molecule has 1 heteroatoms. The summed E-state index contributed by atoms with van der Waals surface area (Å²) in [5.74, 6) is 0. The topological polar surface area (TPSA) is 4.93 Å². The minimum atomic E-state index is 1.13. The summed E-state index contributed by atoms with van der Waals surface area (Å²) < 4.78 is 2.43. The van der Waals surface area contributed by atoms with Gasteiger partial charge in [-0.3, -0.25) is 0 Å². The highest BCUT2D eigenvalue weighted by Crippen LogP contribution is 2.39. The first-order valence-corrected chi connectivity index (χ1v) is 8.54. The summed E-state index contributed by atoms with van der Waals surface area (Å²) in [7, 11) is 2.24. The maximum Gasteiger partial charge on any atom is 0.0518 e. The zero-order valence-electron chi connectivity index (χ0n) is 13.7. The molecular formula is C20H27N. The largest absolute Gasteiger partial charge is 0.347 e. The molecular weight excluding hydrogens is 254 g/mol. The van der Waals surface area contributed by atoms with Crippen LogP contribution in [0.3, 0.4) is 0 Å². The Morgan fingerprint density at radius 1 is 0.952 bits per heavy atom. The minimum Gasteiger partial charge on any atom is -0.347 e. The fourth-order valence-electron chi connectivity index (χ4n) is 3.58. The summed E-state index contributed by atoms with van der Waals surface area (Å²) in [5.41, 5.74) is 9.02. The molecule has 1 heterocycles. The van der Waals surface area contributed by atoms with Crippen molar-refractivity contribution in [1.82, 2.24) is 4.57 Å². The Balaban J connectivity index is 1.88. The van der Waals surface area contributed by atoms with Crippen molar-refractivity contribution in [3.05, 3.63) is 46.6 Å². The molecule has 0 amide bonds. The highest BCUT2D eigenvalue weighted by Gasteiger charge is 2.23. The lowest BCUT2D eigenvalue weighted by Gasteiger charge is -2.09. The van der Waals surface area contributed by atoms with Gasteiger partial charge in [0, 0.05) is 24.7 Å². The van der Waals surface area contributed by atoms with Gasteiger partial charge in [0.1, 0.15) is 0 Å². The van der Waals surface area contributed by atoms with E-state index in [-0.39, 0.29) is 0 Å². The van der Waals surface area contributed by atoms with Crippen molar-refractivity contribution in [2.45, 2.75) is 58.8 Å². The van der Waals surface area contributed by atoms with E-state index in [1.807, 2.05) is 0 Å². The molecule has 0 unspecified atom stereocenters.